The third kappa shape index (κ3) is 2.74. The zero-order valence-electron chi connectivity index (χ0n) is 13.1. The van der Waals surface area contributed by atoms with Crippen LogP contribution in [0.3, 0.4) is 0 Å². The van der Waals surface area contributed by atoms with E-state index in [0.717, 1.165) is 30.6 Å². The molecule has 0 radical (unpaired) electrons. The molecule has 1 aromatic rings. The van der Waals surface area contributed by atoms with Crippen molar-refractivity contribution in [1.29, 1.82) is 0 Å². The largest absolute Gasteiger partial charge is 0.483 e. The van der Waals surface area contributed by atoms with Crippen LogP contribution in [-0.2, 0) is 14.3 Å². The molecular formula is C18H21NO4. The predicted octanol–water partition coefficient (Wildman–Crippen LogP) is 1.90. The quantitative estimate of drug-likeness (QED) is 0.734. The van der Waals surface area contributed by atoms with E-state index in [1.807, 2.05) is 18.2 Å². The van der Waals surface area contributed by atoms with Gasteiger partial charge in [0, 0.05) is 13.0 Å². The minimum Gasteiger partial charge on any atom is -0.483 e. The Hall–Kier alpha value is -1.88. The molecule has 122 valence electrons. The van der Waals surface area contributed by atoms with Crippen molar-refractivity contribution >= 4 is 11.7 Å². The van der Waals surface area contributed by atoms with Crippen LogP contribution in [0.5, 0.6) is 5.75 Å². The van der Waals surface area contributed by atoms with Gasteiger partial charge in [0.15, 0.2) is 12.4 Å². The van der Waals surface area contributed by atoms with Crippen LogP contribution >= 0.6 is 0 Å². The Labute approximate surface area is 135 Å². The molecule has 1 unspecified atom stereocenters. The molecule has 5 heteroatoms. The summed E-state index contributed by atoms with van der Waals surface area (Å²) in [5.41, 5.74) is 1.16. The second kappa shape index (κ2) is 5.96. The smallest absolute Gasteiger partial charge is 0.261 e. The fourth-order valence-electron chi connectivity index (χ4n) is 3.76. The number of fused-ring (bicyclic) bond motifs is 3. The maximum atomic E-state index is 12.5. The van der Waals surface area contributed by atoms with Gasteiger partial charge in [0.2, 0.25) is 0 Å². The minimum atomic E-state index is -0.437. The number of nitrogens with zero attached hydrogens (tertiary/aromatic N) is 1. The molecule has 2 bridgehead atoms. The van der Waals surface area contributed by atoms with Gasteiger partial charge in [-0.15, -0.1) is 0 Å². The van der Waals surface area contributed by atoms with Crippen LogP contribution in [0.4, 0.5) is 0 Å². The van der Waals surface area contributed by atoms with Crippen LogP contribution in [-0.4, -0.2) is 48.5 Å². The highest BCUT2D eigenvalue weighted by atomic mass is 16.5. The monoisotopic (exact) mass is 315 g/mol. The number of ketones is 1. The Balaban J connectivity index is 1.60. The fraction of sp³-hybridized carbons (Fsp3) is 0.556. The maximum absolute atomic E-state index is 12.5. The zero-order chi connectivity index (χ0) is 15.8. The van der Waals surface area contributed by atoms with Gasteiger partial charge in [0.05, 0.1) is 12.7 Å². The Morgan fingerprint density at radius 1 is 1.13 bits per heavy atom. The molecule has 4 aliphatic rings. The number of amides is 1. The van der Waals surface area contributed by atoms with Gasteiger partial charge in [-0.3, -0.25) is 9.59 Å². The number of ether oxygens (including phenoxy) is 2. The van der Waals surface area contributed by atoms with E-state index in [-0.39, 0.29) is 24.4 Å². The number of para-hydroxylation sites is 1. The van der Waals surface area contributed by atoms with Crippen LogP contribution in [0, 0.1) is 0 Å². The predicted molar refractivity (Wildman–Crippen MR) is 83.4 cm³/mol. The van der Waals surface area contributed by atoms with Gasteiger partial charge in [-0.2, -0.15) is 0 Å². The van der Waals surface area contributed by atoms with E-state index in [2.05, 4.69) is 6.07 Å². The van der Waals surface area contributed by atoms with Crippen molar-refractivity contribution in [3.63, 3.8) is 0 Å². The second-order valence-corrected chi connectivity index (χ2v) is 6.62. The van der Waals surface area contributed by atoms with Crippen molar-refractivity contribution in [2.75, 3.05) is 19.8 Å². The summed E-state index contributed by atoms with van der Waals surface area (Å²) in [6.45, 7) is 0.914. The van der Waals surface area contributed by atoms with Crippen molar-refractivity contribution in [2.45, 2.75) is 43.7 Å². The lowest BCUT2D eigenvalue weighted by Gasteiger charge is -2.40. The highest BCUT2D eigenvalue weighted by molar-refractivity contribution is 5.90. The lowest BCUT2D eigenvalue weighted by atomic mass is 9.77. The summed E-state index contributed by atoms with van der Waals surface area (Å²) in [5, 5.41) is 0. The summed E-state index contributed by atoms with van der Waals surface area (Å²) in [4.78, 5) is 26.3. The number of benzene rings is 1. The molecule has 1 aliphatic carbocycles. The van der Waals surface area contributed by atoms with Gasteiger partial charge in [0.25, 0.3) is 5.91 Å². The van der Waals surface area contributed by atoms with Crippen LogP contribution in [0.15, 0.2) is 24.3 Å². The summed E-state index contributed by atoms with van der Waals surface area (Å²) < 4.78 is 11.7. The van der Waals surface area contributed by atoms with Crippen molar-refractivity contribution in [3.8, 4) is 5.75 Å². The highest BCUT2D eigenvalue weighted by Crippen LogP contribution is 2.42. The molecule has 5 nitrogen and oxygen atoms in total. The van der Waals surface area contributed by atoms with Crippen molar-refractivity contribution in [1.82, 2.24) is 4.90 Å². The number of piperidine rings is 1. The summed E-state index contributed by atoms with van der Waals surface area (Å²) in [6.07, 6.45) is 3.35. The lowest BCUT2D eigenvalue weighted by molar-refractivity contribution is -0.148. The molecule has 0 spiro atoms. The van der Waals surface area contributed by atoms with E-state index in [1.165, 1.54) is 0 Å². The molecule has 5 rings (SSSR count). The van der Waals surface area contributed by atoms with Gasteiger partial charge in [0.1, 0.15) is 11.8 Å². The Morgan fingerprint density at radius 2 is 1.96 bits per heavy atom. The van der Waals surface area contributed by atoms with Gasteiger partial charge in [-0.1, -0.05) is 18.2 Å². The number of hydrogen-bond donors (Lipinski definition) is 0. The van der Waals surface area contributed by atoms with Crippen LogP contribution in [0.1, 0.15) is 37.2 Å². The topological polar surface area (TPSA) is 55.8 Å². The molecule has 1 saturated carbocycles. The molecule has 1 aromatic carbocycles. The van der Waals surface area contributed by atoms with Gasteiger partial charge >= 0.3 is 0 Å². The molecule has 0 aromatic heterocycles. The number of rotatable bonds is 0. The average Bonchev–Trinajstić information content (AvgIpc) is 2.52. The standard InChI is InChI=1S/C18H21NO4/c20-16-5-3-7-19-15(16)10-22-13-8-12(9-13)14-4-1-2-6-17(14)23-11-18(19)21/h1-2,4,6,12-13,15H,3,5,7-11H2. The normalized spacial score (nSPS) is 31.0. The molecule has 3 aliphatic heterocycles. The van der Waals surface area contributed by atoms with Crippen molar-refractivity contribution in [3.05, 3.63) is 29.8 Å². The first-order valence-electron chi connectivity index (χ1n) is 8.38. The zero-order valence-corrected chi connectivity index (χ0v) is 13.1. The number of Topliss-reactive ketones (excluding diaryl/α,β-unsaturated/α-hetero) is 1. The van der Waals surface area contributed by atoms with E-state index < -0.39 is 6.04 Å². The first-order chi connectivity index (χ1) is 11.2. The molecule has 1 saturated heterocycles. The molecule has 0 N–H and O–H groups in total. The van der Waals surface area contributed by atoms with E-state index in [4.69, 9.17) is 9.47 Å². The van der Waals surface area contributed by atoms with Gasteiger partial charge in [-0.05, 0) is 36.8 Å². The van der Waals surface area contributed by atoms with Gasteiger partial charge < -0.3 is 14.4 Å². The second-order valence-electron chi connectivity index (χ2n) is 6.62. The number of carbonyl (C=O) groups is 2. The van der Waals surface area contributed by atoms with Crippen molar-refractivity contribution in [2.24, 2.45) is 0 Å². The summed E-state index contributed by atoms with van der Waals surface area (Å²) in [7, 11) is 0. The SMILES string of the molecule is O=C1CCCN2C(=O)COc3ccccc3C3CC(C3)OCC12. The average molecular weight is 315 g/mol. The van der Waals surface area contributed by atoms with Crippen molar-refractivity contribution < 1.29 is 19.1 Å². The molecule has 2 fully saturated rings. The molecule has 3 heterocycles. The highest BCUT2D eigenvalue weighted by Gasteiger charge is 2.38. The van der Waals surface area contributed by atoms with Crippen LogP contribution in [0.2, 0.25) is 0 Å². The third-order valence-electron chi connectivity index (χ3n) is 5.19. The van der Waals surface area contributed by atoms with E-state index in [1.54, 1.807) is 4.90 Å². The Bertz CT molecular complexity index is 623. The molecular weight excluding hydrogens is 294 g/mol. The summed E-state index contributed by atoms with van der Waals surface area (Å²) in [6, 6.07) is 7.48. The fourth-order valence-corrected chi connectivity index (χ4v) is 3.76. The number of hydrogen-bond acceptors (Lipinski definition) is 4. The first-order valence-corrected chi connectivity index (χ1v) is 8.38. The van der Waals surface area contributed by atoms with Gasteiger partial charge in [-0.25, -0.2) is 0 Å². The molecule has 1 amide bonds. The van der Waals surface area contributed by atoms with Crippen LogP contribution < -0.4 is 4.74 Å². The van der Waals surface area contributed by atoms with E-state index in [9.17, 15) is 9.59 Å². The summed E-state index contributed by atoms with van der Waals surface area (Å²) in [5.74, 6) is 1.18. The Kier molecular flexibility index (Phi) is 3.81. The third-order valence-corrected chi connectivity index (χ3v) is 5.19. The number of carbonyl (C=O) groups excluding carboxylic acids is 2. The van der Waals surface area contributed by atoms with E-state index in [0.29, 0.717) is 25.5 Å². The molecule has 1 atom stereocenters. The summed E-state index contributed by atoms with van der Waals surface area (Å²) >= 11 is 0. The first kappa shape index (κ1) is 14.7. The Morgan fingerprint density at radius 3 is 2.83 bits per heavy atom. The lowest BCUT2D eigenvalue weighted by Crippen LogP contribution is -2.53. The minimum absolute atomic E-state index is 0.0169. The van der Waals surface area contributed by atoms with E-state index >= 15 is 0 Å². The maximum Gasteiger partial charge on any atom is 0.261 e. The molecule has 23 heavy (non-hydrogen) atoms. The van der Waals surface area contributed by atoms with Crippen LogP contribution in [0.25, 0.3) is 0 Å².